The zero-order valence-electron chi connectivity index (χ0n) is 16.3. The molecule has 150 valence electrons. The molecule has 4 rings (SSSR count). The van der Waals surface area contributed by atoms with Crippen LogP contribution in [-0.4, -0.2) is 41.2 Å². The van der Waals surface area contributed by atoms with Crippen molar-refractivity contribution in [1.82, 2.24) is 20.3 Å². The number of rotatable bonds is 5. The topological polar surface area (TPSA) is 69.0 Å². The van der Waals surface area contributed by atoms with Crippen molar-refractivity contribution in [3.8, 4) is 11.3 Å². The largest absolute Gasteiger partial charge is 0.465 e. The molecule has 0 bridgehead atoms. The smallest absolute Gasteiger partial charge is 0.337 e. The van der Waals surface area contributed by atoms with Crippen LogP contribution in [0, 0.1) is 5.82 Å². The zero-order chi connectivity index (χ0) is 20.2. The Bertz CT molecular complexity index is 1010. The summed E-state index contributed by atoms with van der Waals surface area (Å²) in [5.74, 6) is -0.473. The number of piperidine rings is 1. The molecule has 0 saturated carbocycles. The van der Waals surface area contributed by atoms with Crippen molar-refractivity contribution >= 4 is 5.97 Å². The van der Waals surface area contributed by atoms with E-state index in [-0.39, 0.29) is 12.1 Å². The van der Waals surface area contributed by atoms with Crippen LogP contribution in [0.2, 0.25) is 0 Å². The number of aromatic nitrogens is 3. The average molecular weight is 394 g/mol. The van der Waals surface area contributed by atoms with E-state index in [1.807, 2.05) is 12.3 Å². The summed E-state index contributed by atoms with van der Waals surface area (Å²) >= 11 is 0. The van der Waals surface area contributed by atoms with Crippen LogP contribution in [0.15, 0.2) is 48.7 Å². The quantitative estimate of drug-likeness (QED) is 0.672. The van der Waals surface area contributed by atoms with E-state index in [1.165, 1.54) is 18.7 Å². The molecule has 0 aliphatic carbocycles. The summed E-state index contributed by atoms with van der Waals surface area (Å²) < 4.78 is 20.6. The Hall–Kier alpha value is -3.06. The normalized spacial score (nSPS) is 14.7. The number of hydrogen-bond acceptors (Lipinski definition) is 5. The monoisotopic (exact) mass is 394 g/mol. The average Bonchev–Trinajstić information content (AvgIpc) is 3.24. The maximum atomic E-state index is 14.3. The lowest BCUT2D eigenvalue weighted by atomic mass is 9.89. The fraction of sp³-hybridized carbons (Fsp3) is 0.318. The highest BCUT2D eigenvalue weighted by Crippen LogP contribution is 2.28. The summed E-state index contributed by atoms with van der Waals surface area (Å²) in [6.07, 6.45) is 4.09. The molecule has 2 heterocycles. The van der Waals surface area contributed by atoms with Crippen LogP contribution in [0.1, 0.15) is 40.2 Å². The summed E-state index contributed by atoms with van der Waals surface area (Å²) in [6, 6.07) is 12.7. The van der Waals surface area contributed by atoms with E-state index in [1.54, 1.807) is 16.8 Å². The molecule has 0 radical (unpaired) electrons. The second-order valence-corrected chi connectivity index (χ2v) is 7.25. The first kappa shape index (κ1) is 19.3. The third kappa shape index (κ3) is 4.35. The summed E-state index contributed by atoms with van der Waals surface area (Å²) in [5.41, 5.74) is 3.70. The van der Waals surface area contributed by atoms with Crippen LogP contribution in [0.25, 0.3) is 11.3 Å². The van der Waals surface area contributed by atoms with Gasteiger partial charge in [-0.25, -0.2) is 13.9 Å². The van der Waals surface area contributed by atoms with Crippen molar-refractivity contribution in [3.05, 3.63) is 71.2 Å². The molecule has 1 N–H and O–H groups in total. The van der Waals surface area contributed by atoms with Gasteiger partial charge in [-0.3, -0.25) is 0 Å². The molecule has 1 aromatic heterocycles. The van der Waals surface area contributed by atoms with Gasteiger partial charge in [0.15, 0.2) is 0 Å². The minimum Gasteiger partial charge on any atom is -0.465 e. The Labute approximate surface area is 168 Å². The van der Waals surface area contributed by atoms with E-state index >= 15 is 0 Å². The number of methoxy groups -OCH3 is 1. The molecular formula is C22H23FN4O2. The molecule has 0 unspecified atom stereocenters. The SMILES string of the molecule is COC(=O)c1ccc(Cn2cc(-c3cccc(C4CCNCC4)c3)nn2)c(F)c1. The highest BCUT2D eigenvalue weighted by molar-refractivity contribution is 5.89. The highest BCUT2D eigenvalue weighted by atomic mass is 19.1. The fourth-order valence-electron chi connectivity index (χ4n) is 3.71. The Morgan fingerprint density at radius 1 is 1.24 bits per heavy atom. The van der Waals surface area contributed by atoms with Gasteiger partial charge in [0, 0.05) is 11.1 Å². The first-order chi connectivity index (χ1) is 14.1. The number of carbonyl (C=O) groups excluding carboxylic acids is 1. The number of carbonyl (C=O) groups is 1. The van der Waals surface area contributed by atoms with E-state index in [9.17, 15) is 9.18 Å². The number of nitrogens with zero attached hydrogens (tertiary/aromatic N) is 3. The molecule has 0 spiro atoms. The lowest BCUT2D eigenvalue weighted by molar-refractivity contribution is 0.0600. The molecule has 1 fully saturated rings. The minimum absolute atomic E-state index is 0.183. The third-order valence-electron chi connectivity index (χ3n) is 5.34. The number of benzene rings is 2. The van der Waals surface area contributed by atoms with E-state index in [2.05, 4.69) is 38.6 Å². The lowest BCUT2D eigenvalue weighted by Crippen LogP contribution is -2.26. The Morgan fingerprint density at radius 2 is 2.07 bits per heavy atom. The highest BCUT2D eigenvalue weighted by Gasteiger charge is 2.16. The Morgan fingerprint density at radius 3 is 2.83 bits per heavy atom. The van der Waals surface area contributed by atoms with Gasteiger partial charge in [-0.05, 0) is 55.6 Å². The second-order valence-electron chi connectivity index (χ2n) is 7.25. The molecule has 7 heteroatoms. The minimum atomic E-state index is -0.563. The predicted octanol–water partition coefficient (Wildman–Crippen LogP) is 3.39. The third-order valence-corrected chi connectivity index (χ3v) is 5.34. The van der Waals surface area contributed by atoms with Crippen LogP contribution in [0.4, 0.5) is 4.39 Å². The molecule has 29 heavy (non-hydrogen) atoms. The summed E-state index contributed by atoms with van der Waals surface area (Å²) in [4.78, 5) is 11.5. The van der Waals surface area contributed by atoms with Crippen molar-refractivity contribution < 1.29 is 13.9 Å². The van der Waals surface area contributed by atoms with Crippen molar-refractivity contribution in [1.29, 1.82) is 0 Å². The molecule has 2 aromatic carbocycles. The summed E-state index contributed by atoms with van der Waals surface area (Å²) in [5, 5.41) is 11.8. The van der Waals surface area contributed by atoms with Crippen molar-refractivity contribution in [2.75, 3.05) is 20.2 Å². The summed E-state index contributed by atoms with van der Waals surface area (Å²) in [6.45, 7) is 2.32. The number of nitrogens with one attached hydrogen (secondary N) is 1. The molecule has 3 aromatic rings. The molecule has 0 amide bonds. The van der Waals surface area contributed by atoms with Crippen LogP contribution >= 0.6 is 0 Å². The molecule has 6 nitrogen and oxygen atoms in total. The predicted molar refractivity (Wildman–Crippen MR) is 107 cm³/mol. The Kier molecular flexibility index (Phi) is 5.67. The second kappa shape index (κ2) is 8.53. The van der Waals surface area contributed by atoms with Gasteiger partial charge in [0.1, 0.15) is 11.5 Å². The van der Waals surface area contributed by atoms with E-state index in [4.69, 9.17) is 0 Å². The van der Waals surface area contributed by atoms with Crippen LogP contribution in [0.5, 0.6) is 0 Å². The van der Waals surface area contributed by atoms with Crippen LogP contribution in [0.3, 0.4) is 0 Å². The molecule has 1 saturated heterocycles. The maximum absolute atomic E-state index is 14.3. The van der Waals surface area contributed by atoms with Gasteiger partial charge in [-0.15, -0.1) is 5.10 Å². The van der Waals surface area contributed by atoms with Crippen LogP contribution in [-0.2, 0) is 11.3 Å². The van der Waals surface area contributed by atoms with Crippen molar-refractivity contribution in [2.24, 2.45) is 0 Å². The van der Waals surface area contributed by atoms with Gasteiger partial charge in [0.25, 0.3) is 0 Å². The first-order valence-electron chi connectivity index (χ1n) is 9.72. The number of halogens is 1. The van der Waals surface area contributed by atoms with Crippen LogP contribution < -0.4 is 5.32 Å². The molecule has 1 aliphatic rings. The fourth-order valence-corrected chi connectivity index (χ4v) is 3.71. The maximum Gasteiger partial charge on any atom is 0.337 e. The number of hydrogen-bond donors (Lipinski definition) is 1. The standard InChI is InChI=1S/C22H23FN4O2/c1-29-22(28)18-5-6-19(20(23)12-18)13-27-14-21(25-26-27)17-4-2-3-16(11-17)15-7-9-24-10-8-15/h2-6,11-12,14-15,24H,7-10,13H2,1H3. The van der Waals surface area contributed by atoms with Gasteiger partial charge in [-0.1, -0.05) is 29.5 Å². The molecular weight excluding hydrogens is 371 g/mol. The van der Waals surface area contributed by atoms with E-state index in [0.29, 0.717) is 11.5 Å². The zero-order valence-corrected chi connectivity index (χ0v) is 16.3. The summed E-state index contributed by atoms with van der Waals surface area (Å²) in [7, 11) is 1.27. The Balaban J connectivity index is 1.51. The lowest BCUT2D eigenvalue weighted by Gasteiger charge is -2.23. The molecule has 0 atom stereocenters. The van der Waals surface area contributed by atoms with Gasteiger partial charge in [0.2, 0.25) is 0 Å². The van der Waals surface area contributed by atoms with Gasteiger partial charge >= 0.3 is 5.97 Å². The van der Waals surface area contributed by atoms with Gasteiger partial charge in [0.05, 0.1) is 25.4 Å². The first-order valence-corrected chi connectivity index (χ1v) is 9.72. The van der Waals surface area contributed by atoms with Crippen molar-refractivity contribution in [3.63, 3.8) is 0 Å². The molecule has 1 aliphatic heterocycles. The van der Waals surface area contributed by atoms with E-state index in [0.717, 1.165) is 37.2 Å². The number of ether oxygens (including phenoxy) is 1. The van der Waals surface area contributed by atoms with Gasteiger partial charge < -0.3 is 10.1 Å². The van der Waals surface area contributed by atoms with Crippen molar-refractivity contribution in [2.45, 2.75) is 25.3 Å². The van der Waals surface area contributed by atoms with Gasteiger partial charge in [-0.2, -0.15) is 0 Å². The number of esters is 1. The van der Waals surface area contributed by atoms with E-state index < -0.39 is 11.8 Å².